The number of nitrogens with one attached hydrogen (secondary N) is 3. The molecular formula is C33H42N6O9S. The molecule has 4 amide bonds. The molecule has 4 aliphatic rings. The number of carboxylic acid groups (broad SMARTS) is 1. The monoisotopic (exact) mass is 698 g/mol. The number of fused-ring (bicyclic) bond motifs is 3. The van der Waals surface area contributed by atoms with E-state index in [1.54, 1.807) is 25.1 Å². The Morgan fingerprint density at radius 3 is 2.43 bits per heavy atom. The van der Waals surface area contributed by atoms with Crippen LogP contribution in [0.15, 0.2) is 36.4 Å². The number of carbonyl (C=O) groups excluding carboxylic acids is 3. The number of hydrogen-bond acceptors (Lipinski definition) is 10. The van der Waals surface area contributed by atoms with Gasteiger partial charge in [-0.25, -0.2) is 13.2 Å². The van der Waals surface area contributed by atoms with Crippen LogP contribution < -0.4 is 24.8 Å². The lowest BCUT2D eigenvalue weighted by molar-refractivity contribution is -0.142. The maximum Gasteiger partial charge on any atom is 0.405 e. The zero-order chi connectivity index (χ0) is 35.1. The van der Waals surface area contributed by atoms with Crippen LogP contribution in [0.5, 0.6) is 11.8 Å². The van der Waals surface area contributed by atoms with E-state index in [2.05, 4.69) is 25.6 Å². The van der Waals surface area contributed by atoms with Crippen LogP contribution in [0.4, 0.5) is 4.79 Å². The van der Waals surface area contributed by atoms with Crippen molar-refractivity contribution in [1.29, 1.82) is 0 Å². The minimum absolute atomic E-state index is 0.0111. The first-order chi connectivity index (χ1) is 23.3. The van der Waals surface area contributed by atoms with Gasteiger partial charge in [0.25, 0.3) is 5.91 Å². The standard InChI is InChI=1S/C33H42N6O9S/c1-18-8-4-5-9-20-16-33(20,31(42)38-49(45,46)22-12-13-22)35-27(40)25-15-21(17-39(25)30(41)26(19(2)14-18)34-32(43)44)48-29-24-11-7-6-10-23(24)28(47-3)36-37-29/h5-7,9-11,18-22,25-26,34H,4,8,12-17H2,1-3H3,(H,35,40)(H,38,42)(H,43,44)/t18-,19+,20+,21+,25-,26-,33+/m0/s1. The normalized spacial score (nSPS) is 30.6. The van der Waals surface area contributed by atoms with Gasteiger partial charge in [0.1, 0.15) is 23.7 Å². The van der Waals surface area contributed by atoms with Crippen molar-refractivity contribution in [2.24, 2.45) is 17.8 Å². The molecule has 2 aliphatic heterocycles. The highest BCUT2D eigenvalue weighted by atomic mass is 32.2. The van der Waals surface area contributed by atoms with Gasteiger partial charge >= 0.3 is 6.09 Å². The molecule has 2 saturated carbocycles. The maximum atomic E-state index is 14.3. The number of aromatic nitrogens is 2. The second-order valence-electron chi connectivity index (χ2n) is 13.7. The molecule has 4 N–H and O–H groups in total. The lowest BCUT2D eigenvalue weighted by atomic mass is 9.88. The van der Waals surface area contributed by atoms with Gasteiger partial charge in [0.15, 0.2) is 0 Å². The van der Waals surface area contributed by atoms with Crippen molar-refractivity contribution in [2.75, 3.05) is 13.7 Å². The van der Waals surface area contributed by atoms with Crippen molar-refractivity contribution in [1.82, 2.24) is 30.5 Å². The fraction of sp³-hybridized carbons (Fsp3) is 0.576. The van der Waals surface area contributed by atoms with Gasteiger partial charge < -0.3 is 30.1 Å². The molecule has 7 atom stereocenters. The molecule has 49 heavy (non-hydrogen) atoms. The summed E-state index contributed by atoms with van der Waals surface area (Å²) in [5, 5.41) is 23.8. The lowest BCUT2D eigenvalue weighted by Gasteiger charge is -2.32. The van der Waals surface area contributed by atoms with Gasteiger partial charge in [-0.2, -0.15) is 0 Å². The Bertz CT molecular complexity index is 1780. The van der Waals surface area contributed by atoms with Crippen LogP contribution in [0.25, 0.3) is 10.8 Å². The first-order valence-corrected chi connectivity index (χ1v) is 18.2. The zero-order valence-electron chi connectivity index (χ0n) is 27.6. The summed E-state index contributed by atoms with van der Waals surface area (Å²) in [5.74, 6) is -2.38. The number of amides is 4. The Hall–Kier alpha value is -4.47. The first kappa shape index (κ1) is 34.4. The van der Waals surface area contributed by atoms with Crippen LogP contribution >= 0.6 is 0 Å². The summed E-state index contributed by atoms with van der Waals surface area (Å²) in [7, 11) is -2.43. The van der Waals surface area contributed by atoms with Crippen LogP contribution in [-0.4, -0.2) is 95.1 Å². The minimum atomic E-state index is -3.90. The summed E-state index contributed by atoms with van der Waals surface area (Å²) in [4.78, 5) is 55.3. The Labute approximate surface area is 284 Å². The summed E-state index contributed by atoms with van der Waals surface area (Å²) in [6, 6.07) is 4.85. The summed E-state index contributed by atoms with van der Waals surface area (Å²) < 4.78 is 39.3. The molecule has 3 heterocycles. The highest BCUT2D eigenvalue weighted by Crippen LogP contribution is 2.46. The van der Waals surface area contributed by atoms with Crippen molar-refractivity contribution in [3.63, 3.8) is 0 Å². The second-order valence-corrected chi connectivity index (χ2v) is 15.7. The van der Waals surface area contributed by atoms with Crippen LogP contribution in [0.3, 0.4) is 0 Å². The van der Waals surface area contributed by atoms with Gasteiger partial charge in [-0.3, -0.25) is 19.1 Å². The smallest absolute Gasteiger partial charge is 0.405 e. The van der Waals surface area contributed by atoms with E-state index in [0.717, 1.165) is 6.42 Å². The number of allylic oxidation sites excluding steroid dienone is 1. The van der Waals surface area contributed by atoms with Crippen molar-refractivity contribution in [2.45, 2.75) is 87.8 Å². The fourth-order valence-corrected chi connectivity index (χ4v) is 8.45. The van der Waals surface area contributed by atoms with Crippen LogP contribution in [0.2, 0.25) is 0 Å². The third-order valence-electron chi connectivity index (χ3n) is 9.99. The maximum absolute atomic E-state index is 14.3. The molecule has 1 aromatic heterocycles. The van der Waals surface area contributed by atoms with E-state index < -0.39 is 74.7 Å². The molecule has 0 bridgehead atoms. The van der Waals surface area contributed by atoms with Crippen LogP contribution in [-0.2, 0) is 24.4 Å². The molecule has 0 radical (unpaired) electrons. The van der Waals surface area contributed by atoms with E-state index in [1.165, 1.54) is 12.0 Å². The Kier molecular flexibility index (Phi) is 9.44. The van der Waals surface area contributed by atoms with Crippen LogP contribution in [0, 0.1) is 17.8 Å². The van der Waals surface area contributed by atoms with Gasteiger partial charge in [0.2, 0.25) is 33.6 Å². The van der Waals surface area contributed by atoms with Gasteiger partial charge in [0.05, 0.1) is 29.7 Å². The summed E-state index contributed by atoms with van der Waals surface area (Å²) >= 11 is 0. The number of carbonyl (C=O) groups is 4. The molecule has 1 aromatic carbocycles. The van der Waals surface area contributed by atoms with E-state index in [1.807, 2.05) is 25.1 Å². The molecule has 2 aromatic rings. The predicted octanol–water partition coefficient (Wildman–Crippen LogP) is 2.12. The van der Waals surface area contributed by atoms with E-state index >= 15 is 0 Å². The SMILES string of the molecule is COc1nnc(O[C@@H]2C[C@H]3C(=O)N[C@]4(C(=O)NS(=O)(=O)C5CC5)C[C@H]4C=CCC[C@H](C)C[C@@H](C)[C@H](NC(=O)O)C(=O)N3C2)c2ccccc12. The number of hydrogen-bond donors (Lipinski definition) is 4. The average Bonchev–Trinajstić information content (AvgIpc) is 3.98. The largest absolute Gasteiger partial charge is 0.479 e. The van der Waals surface area contributed by atoms with Gasteiger partial charge in [-0.05, 0) is 62.5 Å². The average molecular weight is 699 g/mol. The molecule has 0 spiro atoms. The molecule has 2 aliphatic carbocycles. The molecule has 3 fully saturated rings. The molecule has 264 valence electrons. The molecule has 1 saturated heterocycles. The number of benzene rings is 1. The van der Waals surface area contributed by atoms with E-state index in [9.17, 15) is 32.7 Å². The highest BCUT2D eigenvalue weighted by molar-refractivity contribution is 7.91. The van der Waals surface area contributed by atoms with E-state index in [-0.39, 0.29) is 31.2 Å². The lowest BCUT2D eigenvalue weighted by Crippen LogP contribution is -2.59. The third kappa shape index (κ3) is 7.14. The van der Waals surface area contributed by atoms with Crippen molar-refractivity contribution in [3.05, 3.63) is 36.4 Å². The fourth-order valence-electron chi connectivity index (χ4n) is 7.08. The Morgan fingerprint density at radius 2 is 1.76 bits per heavy atom. The van der Waals surface area contributed by atoms with Crippen LogP contribution in [0.1, 0.15) is 58.8 Å². The number of sulfonamides is 1. The molecule has 15 nitrogen and oxygen atoms in total. The minimum Gasteiger partial charge on any atom is -0.479 e. The number of rotatable bonds is 7. The number of methoxy groups -OCH3 is 1. The Morgan fingerprint density at radius 1 is 1.06 bits per heavy atom. The van der Waals surface area contributed by atoms with Crippen molar-refractivity contribution >= 4 is 44.6 Å². The van der Waals surface area contributed by atoms with Crippen molar-refractivity contribution < 1.29 is 42.2 Å². The summed E-state index contributed by atoms with van der Waals surface area (Å²) in [5.41, 5.74) is -1.53. The molecule has 16 heteroatoms. The summed E-state index contributed by atoms with van der Waals surface area (Å²) in [6.45, 7) is 3.74. The van der Waals surface area contributed by atoms with E-state index in [4.69, 9.17) is 9.47 Å². The molecule has 6 rings (SSSR count). The van der Waals surface area contributed by atoms with Gasteiger partial charge in [0, 0.05) is 12.3 Å². The number of nitrogens with zero attached hydrogens (tertiary/aromatic N) is 3. The molecule has 0 unspecified atom stereocenters. The predicted molar refractivity (Wildman–Crippen MR) is 176 cm³/mol. The topological polar surface area (TPSA) is 206 Å². The second kappa shape index (κ2) is 13.4. The third-order valence-corrected chi connectivity index (χ3v) is 11.8. The number of ether oxygens (including phenoxy) is 2. The summed E-state index contributed by atoms with van der Waals surface area (Å²) in [6.07, 6.45) is 4.64. The van der Waals surface area contributed by atoms with Gasteiger partial charge in [-0.1, -0.05) is 38.1 Å². The quantitative estimate of drug-likeness (QED) is 0.308. The molecular weight excluding hydrogens is 656 g/mol. The van der Waals surface area contributed by atoms with Crippen molar-refractivity contribution in [3.8, 4) is 11.8 Å². The first-order valence-electron chi connectivity index (χ1n) is 16.6. The Balaban J connectivity index is 1.34. The highest BCUT2D eigenvalue weighted by Gasteiger charge is 2.62. The van der Waals surface area contributed by atoms with E-state index in [0.29, 0.717) is 42.3 Å². The zero-order valence-corrected chi connectivity index (χ0v) is 28.4. The van der Waals surface area contributed by atoms with Gasteiger partial charge in [-0.15, -0.1) is 10.2 Å².